The second-order valence-corrected chi connectivity index (χ2v) is 6.17. The van der Waals surface area contributed by atoms with Crippen LogP contribution in [0.4, 0.5) is 0 Å². The monoisotopic (exact) mass is 486 g/mol. The lowest BCUT2D eigenvalue weighted by molar-refractivity contribution is -0.128. The summed E-state index contributed by atoms with van der Waals surface area (Å²) < 4.78 is 0. The molecule has 0 heterocycles. The Bertz CT molecular complexity index is 567. The van der Waals surface area contributed by atoms with Crippen LogP contribution < -0.4 is 10.6 Å². The molecule has 136 valence electrons. The molecule has 1 aromatic rings. The zero-order valence-corrected chi connectivity index (χ0v) is 18.2. The number of guanidine groups is 1. The van der Waals surface area contributed by atoms with Gasteiger partial charge in [0.15, 0.2) is 5.96 Å². The van der Waals surface area contributed by atoms with Crippen LogP contribution in [0.5, 0.6) is 0 Å². The van der Waals surface area contributed by atoms with Gasteiger partial charge in [0, 0.05) is 37.1 Å². The van der Waals surface area contributed by atoms with Crippen molar-refractivity contribution in [2.45, 2.75) is 26.3 Å². The minimum Gasteiger partial charge on any atom is -0.357 e. The van der Waals surface area contributed by atoms with Gasteiger partial charge in [-0.3, -0.25) is 9.79 Å². The van der Waals surface area contributed by atoms with Crippen LogP contribution in [-0.2, 0) is 4.79 Å². The van der Waals surface area contributed by atoms with Crippen molar-refractivity contribution < 1.29 is 4.79 Å². The summed E-state index contributed by atoms with van der Waals surface area (Å²) >= 11 is 12.2. The number of amides is 1. The molecule has 5 nitrogen and oxygen atoms in total. The molecule has 0 radical (unpaired) electrons. The largest absolute Gasteiger partial charge is 0.357 e. The van der Waals surface area contributed by atoms with Gasteiger partial charge in [0.2, 0.25) is 5.91 Å². The number of nitrogens with one attached hydrogen (secondary N) is 2. The molecule has 1 unspecified atom stereocenters. The number of halogens is 3. The van der Waals surface area contributed by atoms with Gasteiger partial charge in [-0.2, -0.15) is 0 Å². The van der Waals surface area contributed by atoms with E-state index in [-0.39, 0.29) is 35.9 Å². The average Bonchev–Trinajstić information content (AvgIpc) is 2.46. The topological polar surface area (TPSA) is 56.7 Å². The molecule has 0 aliphatic carbocycles. The summed E-state index contributed by atoms with van der Waals surface area (Å²) in [7, 11) is 3.47. The van der Waals surface area contributed by atoms with Crippen molar-refractivity contribution in [1.29, 1.82) is 0 Å². The van der Waals surface area contributed by atoms with Gasteiger partial charge in [-0.05, 0) is 31.5 Å². The van der Waals surface area contributed by atoms with Crippen LogP contribution in [0, 0.1) is 0 Å². The highest BCUT2D eigenvalue weighted by Crippen LogP contribution is 2.25. The van der Waals surface area contributed by atoms with Gasteiger partial charge >= 0.3 is 0 Å². The minimum atomic E-state index is -0.0397. The number of nitrogens with zero attached hydrogens (tertiary/aromatic N) is 2. The van der Waals surface area contributed by atoms with E-state index >= 15 is 0 Å². The van der Waals surface area contributed by atoms with Crippen LogP contribution in [0.2, 0.25) is 10.0 Å². The lowest BCUT2D eigenvalue weighted by Crippen LogP contribution is -2.39. The Balaban J connectivity index is 0.00000529. The van der Waals surface area contributed by atoms with E-state index < -0.39 is 0 Å². The molecule has 0 saturated heterocycles. The summed E-state index contributed by atoms with van der Waals surface area (Å²) in [6.07, 6.45) is 0.375. The van der Waals surface area contributed by atoms with Gasteiger partial charge in [0.05, 0.1) is 12.6 Å². The highest BCUT2D eigenvalue weighted by molar-refractivity contribution is 14.0. The molecular weight excluding hydrogens is 462 g/mol. The third-order valence-corrected chi connectivity index (χ3v) is 3.78. The van der Waals surface area contributed by atoms with Crippen molar-refractivity contribution in [3.8, 4) is 0 Å². The maximum atomic E-state index is 11.6. The summed E-state index contributed by atoms with van der Waals surface area (Å²) in [6, 6.07) is 5.38. The lowest BCUT2D eigenvalue weighted by Gasteiger charge is -2.19. The van der Waals surface area contributed by atoms with E-state index in [1.165, 1.54) is 0 Å². The Kier molecular flexibility index (Phi) is 11.4. The van der Waals surface area contributed by atoms with Crippen molar-refractivity contribution in [3.63, 3.8) is 0 Å². The van der Waals surface area contributed by atoms with Crippen LogP contribution >= 0.6 is 47.2 Å². The molecule has 0 aliphatic heterocycles. The molecule has 0 fully saturated rings. The normalized spacial score (nSPS) is 12.2. The molecule has 1 rings (SSSR count). The smallest absolute Gasteiger partial charge is 0.223 e. The molecule has 0 aromatic heterocycles. The summed E-state index contributed by atoms with van der Waals surface area (Å²) in [6.45, 7) is 5.14. The molecule has 2 N–H and O–H groups in total. The van der Waals surface area contributed by atoms with Gasteiger partial charge in [-0.25, -0.2) is 0 Å². The first kappa shape index (κ1) is 23.3. The van der Waals surface area contributed by atoms with Crippen molar-refractivity contribution in [1.82, 2.24) is 15.5 Å². The molecule has 0 saturated carbocycles. The van der Waals surface area contributed by atoms with Crippen molar-refractivity contribution in [3.05, 3.63) is 33.8 Å². The number of hydrogen-bond acceptors (Lipinski definition) is 2. The summed E-state index contributed by atoms with van der Waals surface area (Å²) in [5, 5.41) is 7.66. The molecule has 24 heavy (non-hydrogen) atoms. The van der Waals surface area contributed by atoms with Gasteiger partial charge in [-0.15, -0.1) is 24.0 Å². The Morgan fingerprint density at radius 1 is 1.33 bits per heavy atom. The van der Waals surface area contributed by atoms with Gasteiger partial charge < -0.3 is 15.5 Å². The fourth-order valence-electron chi connectivity index (χ4n) is 1.94. The average molecular weight is 487 g/mol. The fourth-order valence-corrected chi connectivity index (χ4v) is 2.51. The molecule has 0 bridgehead atoms. The number of aliphatic imine (C=N–C) groups is 1. The molecule has 0 spiro atoms. The lowest BCUT2D eigenvalue weighted by atomic mass is 10.1. The zero-order valence-electron chi connectivity index (χ0n) is 14.4. The second kappa shape index (κ2) is 11.8. The summed E-state index contributed by atoms with van der Waals surface area (Å²) in [4.78, 5) is 17.6. The van der Waals surface area contributed by atoms with E-state index in [9.17, 15) is 4.79 Å². The van der Waals surface area contributed by atoms with E-state index in [0.29, 0.717) is 29.0 Å². The predicted molar refractivity (Wildman–Crippen MR) is 113 cm³/mol. The zero-order chi connectivity index (χ0) is 17.4. The number of carbonyl (C=O) groups is 1. The molecule has 0 aliphatic rings. The highest BCUT2D eigenvalue weighted by Gasteiger charge is 2.12. The third kappa shape index (κ3) is 7.90. The van der Waals surface area contributed by atoms with E-state index in [4.69, 9.17) is 23.2 Å². The minimum absolute atomic E-state index is 0. The quantitative estimate of drug-likeness (QED) is 0.366. The van der Waals surface area contributed by atoms with Crippen molar-refractivity contribution in [2.75, 3.05) is 27.2 Å². The summed E-state index contributed by atoms with van der Waals surface area (Å²) in [5.41, 5.74) is 0.936. The van der Waals surface area contributed by atoms with Crippen LogP contribution in [0.1, 0.15) is 31.9 Å². The first-order valence-electron chi connectivity index (χ1n) is 7.55. The maximum Gasteiger partial charge on any atom is 0.223 e. The molecule has 1 amide bonds. The molecule has 8 heteroatoms. The number of hydrogen-bond donors (Lipinski definition) is 2. The Morgan fingerprint density at radius 3 is 2.54 bits per heavy atom. The SMILES string of the molecule is CCNC(=NCCC(=O)N(C)C)NC(C)c1ccc(Cl)cc1Cl.I. The van der Waals surface area contributed by atoms with E-state index in [2.05, 4.69) is 15.6 Å². The number of benzene rings is 1. The maximum absolute atomic E-state index is 11.6. The van der Waals surface area contributed by atoms with E-state index in [1.807, 2.05) is 19.9 Å². The van der Waals surface area contributed by atoms with Gasteiger partial charge in [0.1, 0.15) is 0 Å². The molecule has 1 atom stereocenters. The first-order valence-corrected chi connectivity index (χ1v) is 8.30. The van der Waals surface area contributed by atoms with Crippen LogP contribution in [0.15, 0.2) is 23.2 Å². The van der Waals surface area contributed by atoms with Crippen molar-refractivity contribution >= 4 is 59.0 Å². The third-order valence-electron chi connectivity index (χ3n) is 3.22. The Morgan fingerprint density at radius 2 is 2.00 bits per heavy atom. The van der Waals surface area contributed by atoms with Gasteiger partial charge in [-0.1, -0.05) is 29.3 Å². The number of rotatable bonds is 6. The standard InChI is InChI=1S/C16H24Cl2N4O.HI/c1-5-19-16(20-9-8-15(23)22(3)4)21-11(2)13-7-6-12(17)10-14(13)18;/h6-7,10-11H,5,8-9H2,1-4H3,(H2,19,20,21);1H. The van der Waals surface area contributed by atoms with Crippen molar-refractivity contribution in [2.24, 2.45) is 4.99 Å². The first-order chi connectivity index (χ1) is 10.8. The number of carbonyl (C=O) groups excluding carboxylic acids is 1. The van der Waals surface area contributed by atoms with Crippen LogP contribution in [0.25, 0.3) is 0 Å². The highest BCUT2D eigenvalue weighted by atomic mass is 127. The fraction of sp³-hybridized carbons (Fsp3) is 0.500. The predicted octanol–water partition coefficient (Wildman–Crippen LogP) is 3.71. The molecule has 1 aromatic carbocycles. The van der Waals surface area contributed by atoms with E-state index in [1.54, 1.807) is 31.1 Å². The van der Waals surface area contributed by atoms with Crippen LogP contribution in [0.3, 0.4) is 0 Å². The summed E-state index contributed by atoms with van der Waals surface area (Å²) in [5.74, 6) is 0.705. The molecular formula is C16H25Cl2IN4O. The van der Waals surface area contributed by atoms with E-state index in [0.717, 1.165) is 12.1 Å². The Labute approximate surface area is 171 Å². The Hall–Kier alpha value is -0.730. The van der Waals surface area contributed by atoms with Gasteiger partial charge in [0.25, 0.3) is 0 Å². The second-order valence-electron chi connectivity index (χ2n) is 5.33. The van der Waals surface area contributed by atoms with Crippen LogP contribution in [-0.4, -0.2) is 44.0 Å².